The molecule has 1 fully saturated rings. The monoisotopic (exact) mass is 577 g/mol. The molecule has 0 unspecified atom stereocenters. The van der Waals surface area contributed by atoms with Crippen LogP contribution < -0.4 is 10.6 Å². The van der Waals surface area contributed by atoms with Crippen molar-refractivity contribution in [2.24, 2.45) is 0 Å². The van der Waals surface area contributed by atoms with E-state index in [0.29, 0.717) is 21.6 Å². The van der Waals surface area contributed by atoms with Crippen molar-refractivity contribution in [3.63, 3.8) is 0 Å². The van der Waals surface area contributed by atoms with E-state index < -0.39 is 56.2 Å². The van der Waals surface area contributed by atoms with Crippen molar-refractivity contribution < 1.29 is 30.8 Å². The van der Waals surface area contributed by atoms with Crippen LogP contribution in [0.5, 0.6) is 0 Å². The first-order chi connectivity index (χ1) is 18.9. The van der Waals surface area contributed by atoms with Crippen molar-refractivity contribution in [3.8, 4) is 0 Å². The second-order valence-corrected chi connectivity index (χ2v) is 12.1. The highest BCUT2D eigenvalue weighted by Gasteiger charge is 2.36. The lowest BCUT2D eigenvalue weighted by Crippen LogP contribution is -2.41. The largest absolute Gasteiger partial charge is 0.399 e. The molecule has 3 aromatic rings. The molecule has 4 rings (SSSR count). The van der Waals surface area contributed by atoms with E-state index in [1.807, 2.05) is 24.3 Å². The molecule has 1 saturated carbocycles. The van der Waals surface area contributed by atoms with E-state index in [-0.39, 0.29) is 6.54 Å². The summed E-state index contributed by atoms with van der Waals surface area (Å²) in [5.41, 5.74) is 7.65. The highest BCUT2D eigenvalue weighted by molar-refractivity contribution is 7.89. The predicted octanol–water partition coefficient (Wildman–Crippen LogP) is 6.04. The molecule has 1 aliphatic carbocycles. The summed E-state index contributed by atoms with van der Waals surface area (Å²) in [6.45, 7) is -0.00634. The number of sulfonamides is 1. The van der Waals surface area contributed by atoms with Crippen LogP contribution in [0.4, 0.5) is 28.9 Å². The zero-order valence-electron chi connectivity index (χ0n) is 22.3. The number of nitrogens with two attached hydrogens (primary N) is 1. The number of anilines is 2. The summed E-state index contributed by atoms with van der Waals surface area (Å²) in [5.74, 6) is -7.99. The fourth-order valence-electron chi connectivity index (χ4n) is 4.96. The third-order valence-corrected chi connectivity index (χ3v) is 9.20. The molecule has 0 radical (unpaired) electrons. The zero-order valence-corrected chi connectivity index (χ0v) is 23.1. The first-order valence-electron chi connectivity index (χ1n) is 13.0. The Morgan fingerprint density at radius 1 is 0.875 bits per heavy atom. The van der Waals surface area contributed by atoms with Crippen LogP contribution in [0.25, 0.3) is 0 Å². The van der Waals surface area contributed by atoms with Gasteiger partial charge in [0.25, 0.3) is 0 Å². The average molecular weight is 578 g/mol. The van der Waals surface area contributed by atoms with Crippen LogP contribution in [0, 0.1) is 30.2 Å². The van der Waals surface area contributed by atoms with Crippen LogP contribution in [-0.2, 0) is 21.4 Å². The smallest absolute Gasteiger partial charge is 0.249 e. The number of carbonyl (C=O) groups is 1. The molecule has 1 amide bonds. The normalized spacial score (nSPS) is 14.5. The molecule has 0 heterocycles. The van der Waals surface area contributed by atoms with Crippen LogP contribution in [0.15, 0.2) is 53.4 Å². The van der Waals surface area contributed by atoms with E-state index in [1.165, 1.54) is 29.7 Å². The lowest BCUT2D eigenvalue weighted by Gasteiger charge is -2.27. The lowest BCUT2D eigenvalue weighted by atomic mass is 9.84. The van der Waals surface area contributed by atoms with E-state index in [9.17, 15) is 30.8 Å². The molecule has 0 atom stereocenters. The predicted molar refractivity (Wildman–Crippen MR) is 145 cm³/mol. The zero-order chi connectivity index (χ0) is 29.2. The van der Waals surface area contributed by atoms with Gasteiger partial charge in [-0.15, -0.1) is 0 Å². The van der Waals surface area contributed by atoms with Crippen molar-refractivity contribution in [2.75, 3.05) is 24.2 Å². The summed E-state index contributed by atoms with van der Waals surface area (Å²) in [7, 11) is -4.23. The number of amides is 1. The Morgan fingerprint density at radius 2 is 1.43 bits per heavy atom. The van der Waals surface area contributed by atoms with Gasteiger partial charge in [-0.3, -0.25) is 4.79 Å². The molecule has 0 bridgehead atoms. The third kappa shape index (κ3) is 6.00. The molecule has 0 aromatic heterocycles. The Bertz CT molecular complexity index is 1460. The van der Waals surface area contributed by atoms with E-state index in [1.54, 1.807) is 24.3 Å². The average Bonchev–Trinajstić information content (AvgIpc) is 2.95. The number of carbonyl (C=O) groups excluding carboxylic acids is 1. The van der Waals surface area contributed by atoms with Gasteiger partial charge in [-0.1, -0.05) is 43.5 Å². The van der Waals surface area contributed by atoms with E-state index >= 15 is 0 Å². The van der Waals surface area contributed by atoms with E-state index in [0.717, 1.165) is 32.4 Å². The number of rotatable bonds is 8. The highest BCUT2D eigenvalue weighted by Crippen LogP contribution is 2.33. The standard InChI is InChI=1S/C29H31F4N3O3S/c1-18-25(30)27(32)29(28(33)26(18)31)40(38,39)35(2)17-24(37)36(23-14-12-22(34)13-15-23)16-19-8-10-21(11-9-19)20-6-4-3-5-7-20/h8-15,20H,3-7,16-17,34H2,1-2H3. The topological polar surface area (TPSA) is 83.7 Å². The van der Waals surface area contributed by atoms with Crippen LogP contribution in [0.1, 0.15) is 54.7 Å². The van der Waals surface area contributed by atoms with Crippen molar-refractivity contribution in [2.45, 2.75) is 56.4 Å². The number of hydrogen-bond acceptors (Lipinski definition) is 4. The number of nitrogens with zero attached hydrogens (tertiary/aromatic N) is 2. The van der Waals surface area contributed by atoms with Crippen molar-refractivity contribution in [3.05, 3.63) is 88.5 Å². The molecule has 1 aliphatic rings. The number of halogens is 4. The van der Waals surface area contributed by atoms with Gasteiger partial charge in [0.05, 0.1) is 13.1 Å². The molecule has 0 saturated heterocycles. The SMILES string of the molecule is Cc1c(F)c(F)c(S(=O)(=O)N(C)CC(=O)N(Cc2ccc(C3CCCCC3)cc2)c2ccc(N)cc2)c(F)c1F. The second kappa shape index (κ2) is 12.0. The Hall–Kier alpha value is -3.44. The third-order valence-electron chi connectivity index (χ3n) is 7.37. The Kier molecular flexibility index (Phi) is 8.84. The molecule has 3 aromatic carbocycles. The summed E-state index contributed by atoms with van der Waals surface area (Å²) in [6.07, 6.45) is 5.89. The van der Waals surface area contributed by atoms with Crippen LogP contribution in [0.2, 0.25) is 0 Å². The summed E-state index contributed by atoms with van der Waals surface area (Å²) in [6, 6.07) is 14.2. The van der Waals surface area contributed by atoms with Gasteiger partial charge in [-0.05, 0) is 61.1 Å². The number of likely N-dealkylation sites (N-methyl/N-ethyl adjacent to an activating group) is 1. The van der Waals surface area contributed by atoms with Crippen LogP contribution >= 0.6 is 0 Å². The lowest BCUT2D eigenvalue weighted by molar-refractivity contribution is -0.118. The Labute approximate surface area is 231 Å². The van der Waals surface area contributed by atoms with Crippen molar-refractivity contribution >= 4 is 27.3 Å². The molecule has 6 nitrogen and oxygen atoms in total. The molecule has 0 aliphatic heterocycles. The quantitative estimate of drug-likeness (QED) is 0.201. The maximum atomic E-state index is 14.5. The summed E-state index contributed by atoms with van der Waals surface area (Å²) in [5, 5.41) is 0. The number of hydrogen-bond donors (Lipinski definition) is 1. The molecular formula is C29H31F4N3O3S. The Morgan fingerprint density at radius 3 is 1.98 bits per heavy atom. The van der Waals surface area contributed by atoms with Gasteiger partial charge >= 0.3 is 0 Å². The Balaban J connectivity index is 1.60. The van der Waals surface area contributed by atoms with Gasteiger partial charge in [-0.25, -0.2) is 26.0 Å². The maximum Gasteiger partial charge on any atom is 0.249 e. The second-order valence-electron chi connectivity index (χ2n) is 10.1. The summed E-state index contributed by atoms with van der Waals surface area (Å²) < 4.78 is 83.6. The molecule has 2 N–H and O–H groups in total. The maximum absolute atomic E-state index is 14.5. The molecule has 0 spiro atoms. The summed E-state index contributed by atoms with van der Waals surface area (Å²) >= 11 is 0. The van der Waals surface area contributed by atoms with E-state index in [2.05, 4.69) is 0 Å². The highest BCUT2D eigenvalue weighted by atomic mass is 32.2. The van der Waals surface area contributed by atoms with Crippen LogP contribution in [0.3, 0.4) is 0 Å². The van der Waals surface area contributed by atoms with Gasteiger partial charge in [0, 0.05) is 24.0 Å². The molecule has 11 heteroatoms. The van der Waals surface area contributed by atoms with Gasteiger partial charge in [-0.2, -0.15) is 4.31 Å². The first-order valence-corrected chi connectivity index (χ1v) is 14.4. The number of nitrogen functional groups attached to an aromatic ring is 1. The van der Waals surface area contributed by atoms with Gasteiger partial charge < -0.3 is 10.6 Å². The summed E-state index contributed by atoms with van der Waals surface area (Å²) in [4.78, 5) is 13.0. The van der Waals surface area contributed by atoms with Gasteiger partial charge in [0.2, 0.25) is 15.9 Å². The molecular weight excluding hydrogens is 546 g/mol. The van der Waals surface area contributed by atoms with E-state index in [4.69, 9.17) is 5.73 Å². The minimum Gasteiger partial charge on any atom is -0.399 e. The fourth-order valence-corrected chi connectivity index (χ4v) is 6.18. The fraction of sp³-hybridized carbons (Fsp3) is 0.345. The molecule has 214 valence electrons. The molecule has 40 heavy (non-hydrogen) atoms. The van der Waals surface area contributed by atoms with Gasteiger partial charge in [0.1, 0.15) is 0 Å². The first kappa shape index (κ1) is 29.5. The number of benzene rings is 3. The van der Waals surface area contributed by atoms with Crippen LogP contribution in [-0.4, -0.2) is 32.2 Å². The minimum absolute atomic E-state index is 0.0676. The van der Waals surface area contributed by atoms with Gasteiger partial charge in [0.15, 0.2) is 28.2 Å². The van der Waals surface area contributed by atoms with Crippen molar-refractivity contribution in [1.82, 2.24) is 4.31 Å². The van der Waals surface area contributed by atoms with Crippen molar-refractivity contribution in [1.29, 1.82) is 0 Å². The minimum atomic E-state index is -5.13.